The first-order valence-corrected chi connectivity index (χ1v) is 8.67. The van der Waals surface area contributed by atoms with E-state index < -0.39 is 16.0 Å². The highest BCUT2D eigenvalue weighted by Crippen LogP contribution is 2.27. The van der Waals surface area contributed by atoms with Crippen LogP contribution in [-0.2, 0) is 10.0 Å². The number of carbonyl (C=O) groups is 1. The van der Waals surface area contributed by atoms with Crippen LogP contribution >= 0.6 is 0 Å². The second-order valence-corrected chi connectivity index (χ2v) is 7.35. The molecule has 1 saturated heterocycles. The molecule has 6 heteroatoms. The van der Waals surface area contributed by atoms with Crippen molar-refractivity contribution in [2.45, 2.75) is 50.5 Å². The lowest BCUT2D eigenvalue weighted by molar-refractivity contribution is 0.0696. The third-order valence-corrected chi connectivity index (χ3v) is 6.04. The topological polar surface area (TPSA) is 74.7 Å². The number of carboxylic acids is 1. The summed E-state index contributed by atoms with van der Waals surface area (Å²) in [5.41, 5.74) is 0.605. The van der Waals surface area contributed by atoms with Crippen LogP contribution in [0.2, 0.25) is 0 Å². The number of hydrogen-bond donors (Lipinski definition) is 1. The fourth-order valence-electron chi connectivity index (χ4n) is 2.83. The van der Waals surface area contributed by atoms with Crippen LogP contribution in [0.4, 0.5) is 0 Å². The first-order chi connectivity index (χ1) is 9.87. The van der Waals surface area contributed by atoms with Gasteiger partial charge in [-0.2, -0.15) is 4.31 Å². The minimum atomic E-state index is -3.63. The molecule has 1 N–H and O–H groups in total. The van der Waals surface area contributed by atoms with E-state index in [0.717, 1.165) is 25.7 Å². The summed E-state index contributed by atoms with van der Waals surface area (Å²) < 4.78 is 27.1. The number of sulfonamides is 1. The molecule has 0 saturated carbocycles. The molecule has 0 bridgehead atoms. The average Bonchev–Trinajstić information content (AvgIpc) is 2.47. The third kappa shape index (κ3) is 3.11. The monoisotopic (exact) mass is 311 g/mol. The molecule has 1 aliphatic heterocycles. The second-order valence-electron chi connectivity index (χ2n) is 5.46. The number of carboxylic acid groups (broad SMARTS) is 1. The van der Waals surface area contributed by atoms with Gasteiger partial charge < -0.3 is 5.11 Å². The number of benzene rings is 1. The number of aryl methyl sites for hydroxylation is 1. The molecule has 0 aliphatic carbocycles. The zero-order valence-electron chi connectivity index (χ0n) is 12.4. The maximum Gasteiger partial charge on any atom is 0.335 e. The quantitative estimate of drug-likeness (QED) is 0.927. The van der Waals surface area contributed by atoms with Gasteiger partial charge in [-0.25, -0.2) is 13.2 Å². The summed E-state index contributed by atoms with van der Waals surface area (Å²) in [4.78, 5) is 11.3. The molecule has 116 valence electrons. The van der Waals surface area contributed by atoms with Crippen molar-refractivity contribution in [1.82, 2.24) is 4.31 Å². The van der Waals surface area contributed by atoms with Gasteiger partial charge in [0, 0.05) is 12.6 Å². The Hall–Kier alpha value is -1.40. The Morgan fingerprint density at radius 1 is 1.38 bits per heavy atom. The summed E-state index contributed by atoms with van der Waals surface area (Å²) in [5.74, 6) is -1.10. The second kappa shape index (κ2) is 6.15. The maximum atomic E-state index is 12.8. The fraction of sp³-hybridized carbons (Fsp3) is 0.533. The molecular formula is C15H21NO4S. The molecule has 0 unspecified atom stereocenters. The van der Waals surface area contributed by atoms with E-state index in [1.165, 1.54) is 16.4 Å². The Morgan fingerprint density at radius 3 is 2.71 bits per heavy atom. The molecule has 1 aromatic carbocycles. The Labute approximate surface area is 125 Å². The van der Waals surface area contributed by atoms with Gasteiger partial charge in [0.25, 0.3) is 0 Å². The number of nitrogens with zero attached hydrogens (tertiary/aromatic N) is 1. The van der Waals surface area contributed by atoms with Crippen LogP contribution < -0.4 is 0 Å². The van der Waals surface area contributed by atoms with Gasteiger partial charge >= 0.3 is 5.97 Å². The van der Waals surface area contributed by atoms with E-state index in [1.54, 1.807) is 13.0 Å². The summed E-state index contributed by atoms with van der Waals surface area (Å²) in [6.45, 7) is 4.16. The van der Waals surface area contributed by atoms with Crippen molar-refractivity contribution in [1.29, 1.82) is 0 Å². The Bertz CT molecular complexity index is 639. The molecule has 2 rings (SSSR count). The molecule has 0 radical (unpaired) electrons. The summed E-state index contributed by atoms with van der Waals surface area (Å²) in [6.07, 6.45) is 3.54. The number of rotatable bonds is 4. The van der Waals surface area contributed by atoms with Crippen molar-refractivity contribution in [3.63, 3.8) is 0 Å². The largest absolute Gasteiger partial charge is 0.478 e. The molecule has 1 atom stereocenters. The normalized spacial score (nSPS) is 20.4. The summed E-state index contributed by atoms with van der Waals surface area (Å²) in [6, 6.07) is 4.34. The molecule has 0 aromatic heterocycles. The molecule has 1 heterocycles. The maximum absolute atomic E-state index is 12.8. The number of piperidine rings is 1. The highest BCUT2D eigenvalue weighted by Gasteiger charge is 2.32. The van der Waals surface area contributed by atoms with E-state index in [2.05, 4.69) is 0 Å². The number of aromatic carboxylic acids is 1. The zero-order valence-corrected chi connectivity index (χ0v) is 13.2. The zero-order chi connectivity index (χ0) is 15.6. The predicted octanol–water partition coefficient (Wildman–Crippen LogP) is 2.65. The molecule has 0 spiro atoms. The van der Waals surface area contributed by atoms with Gasteiger partial charge in [-0.1, -0.05) is 19.4 Å². The molecular weight excluding hydrogens is 290 g/mol. The minimum Gasteiger partial charge on any atom is -0.478 e. The first kappa shape index (κ1) is 16.0. The average molecular weight is 311 g/mol. The summed E-state index contributed by atoms with van der Waals surface area (Å²) >= 11 is 0. The van der Waals surface area contributed by atoms with Gasteiger partial charge in [0.15, 0.2) is 0 Å². The summed E-state index contributed by atoms with van der Waals surface area (Å²) in [5, 5.41) is 9.16. The Balaban J connectivity index is 2.43. The van der Waals surface area contributed by atoms with E-state index in [4.69, 9.17) is 5.11 Å². The highest BCUT2D eigenvalue weighted by atomic mass is 32.2. The Morgan fingerprint density at radius 2 is 2.10 bits per heavy atom. The summed E-state index contributed by atoms with van der Waals surface area (Å²) in [7, 11) is -3.63. The lowest BCUT2D eigenvalue weighted by Crippen LogP contribution is -2.43. The van der Waals surface area contributed by atoms with Crippen molar-refractivity contribution in [3.05, 3.63) is 29.3 Å². The van der Waals surface area contributed by atoms with Gasteiger partial charge in [-0.05, 0) is 43.9 Å². The van der Waals surface area contributed by atoms with Crippen LogP contribution in [0.5, 0.6) is 0 Å². The first-order valence-electron chi connectivity index (χ1n) is 7.23. The molecule has 1 fully saturated rings. The lowest BCUT2D eigenvalue weighted by atomic mass is 10.0. The predicted molar refractivity (Wildman–Crippen MR) is 80.0 cm³/mol. The third-order valence-electron chi connectivity index (χ3n) is 4.09. The van der Waals surface area contributed by atoms with E-state index in [-0.39, 0.29) is 16.5 Å². The molecule has 21 heavy (non-hydrogen) atoms. The minimum absolute atomic E-state index is 0.0123. The van der Waals surface area contributed by atoms with Crippen LogP contribution in [-0.4, -0.2) is 36.4 Å². The van der Waals surface area contributed by atoms with Crippen molar-refractivity contribution in [2.75, 3.05) is 6.54 Å². The van der Waals surface area contributed by atoms with E-state index >= 15 is 0 Å². The van der Waals surface area contributed by atoms with Gasteiger partial charge in [0.1, 0.15) is 0 Å². The van der Waals surface area contributed by atoms with Gasteiger partial charge in [-0.3, -0.25) is 0 Å². The lowest BCUT2D eigenvalue weighted by Gasteiger charge is -2.34. The van der Waals surface area contributed by atoms with Crippen LogP contribution in [0.25, 0.3) is 0 Å². The van der Waals surface area contributed by atoms with E-state index in [0.29, 0.717) is 12.1 Å². The fourth-order valence-corrected chi connectivity index (χ4v) is 4.62. The van der Waals surface area contributed by atoms with Crippen LogP contribution in [0.15, 0.2) is 23.1 Å². The smallest absolute Gasteiger partial charge is 0.335 e. The molecule has 5 nitrogen and oxygen atoms in total. The van der Waals surface area contributed by atoms with Crippen LogP contribution in [0, 0.1) is 6.92 Å². The van der Waals surface area contributed by atoms with Gasteiger partial charge in [0.2, 0.25) is 10.0 Å². The van der Waals surface area contributed by atoms with Crippen molar-refractivity contribution in [2.24, 2.45) is 0 Å². The molecule has 1 aromatic rings. The van der Waals surface area contributed by atoms with Crippen LogP contribution in [0.3, 0.4) is 0 Å². The molecule has 0 amide bonds. The van der Waals surface area contributed by atoms with Gasteiger partial charge in [-0.15, -0.1) is 0 Å². The van der Waals surface area contributed by atoms with E-state index in [1.807, 2.05) is 6.92 Å². The highest BCUT2D eigenvalue weighted by molar-refractivity contribution is 7.89. The molecule has 1 aliphatic rings. The van der Waals surface area contributed by atoms with E-state index in [9.17, 15) is 13.2 Å². The van der Waals surface area contributed by atoms with Crippen LogP contribution in [0.1, 0.15) is 48.5 Å². The van der Waals surface area contributed by atoms with Gasteiger partial charge in [0.05, 0.1) is 10.5 Å². The van der Waals surface area contributed by atoms with Crippen molar-refractivity contribution >= 4 is 16.0 Å². The SMILES string of the molecule is CC[C@H]1CCCCN1S(=O)(=O)c1ccc(C)c(C(=O)O)c1. The van der Waals surface area contributed by atoms with Crippen molar-refractivity contribution < 1.29 is 18.3 Å². The number of hydrogen-bond acceptors (Lipinski definition) is 3. The van der Waals surface area contributed by atoms with Crippen molar-refractivity contribution in [3.8, 4) is 0 Å². The standard InChI is InChI=1S/C15H21NO4S/c1-3-12-6-4-5-9-16(12)21(19,20)13-8-7-11(2)14(10-13)15(17)18/h7-8,10,12H,3-6,9H2,1-2H3,(H,17,18)/t12-/m0/s1. The Kier molecular flexibility index (Phi) is 4.68.